The van der Waals surface area contributed by atoms with Crippen molar-refractivity contribution < 1.29 is 22.3 Å². The van der Waals surface area contributed by atoms with Crippen LogP contribution in [0.5, 0.6) is 5.75 Å². The first kappa shape index (κ1) is 21.8. The molecule has 6 nitrogen and oxygen atoms in total. The average molecular weight is 408 g/mol. The summed E-state index contributed by atoms with van der Waals surface area (Å²) >= 11 is 0. The molecular formula is C20H25FN2O4S. The molecule has 2 aromatic rings. The van der Waals surface area contributed by atoms with Crippen molar-refractivity contribution in [2.75, 3.05) is 26.5 Å². The van der Waals surface area contributed by atoms with Crippen molar-refractivity contribution in [2.24, 2.45) is 0 Å². The van der Waals surface area contributed by atoms with Gasteiger partial charge in [-0.2, -0.15) is 4.31 Å². The number of methoxy groups -OCH3 is 1. The van der Waals surface area contributed by atoms with Gasteiger partial charge >= 0.3 is 0 Å². The van der Waals surface area contributed by atoms with Crippen molar-refractivity contribution in [3.63, 3.8) is 0 Å². The van der Waals surface area contributed by atoms with Crippen LogP contribution in [0.15, 0.2) is 48.5 Å². The highest BCUT2D eigenvalue weighted by molar-refractivity contribution is 7.88. The molecule has 0 aromatic heterocycles. The summed E-state index contributed by atoms with van der Waals surface area (Å²) in [5.74, 6) is -0.139. The largest absolute Gasteiger partial charge is 0.497 e. The molecule has 8 heteroatoms. The summed E-state index contributed by atoms with van der Waals surface area (Å²) in [6.07, 6.45) is 2.49. The molecule has 0 bridgehead atoms. The Bertz CT molecular complexity index is 885. The Hall–Kier alpha value is -2.45. The number of sulfonamides is 1. The molecular weight excluding hydrogens is 383 g/mol. The second-order valence-corrected chi connectivity index (χ2v) is 8.41. The number of hydrogen-bond donors (Lipinski definition) is 1. The third-order valence-corrected chi connectivity index (χ3v) is 5.41. The van der Waals surface area contributed by atoms with E-state index in [1.165, 1.54) is 18.2 Å². The van der Waals surface area contributed by atoms with E-state index in [2.05, 4.69) is 5.32 Å². The molecule has 0 saturated carbocycles. The third-order valence-electron chi connectivity index (χ3n) is 4.22. The lowest BCUT2D eigenvalue weighted by atomic mass is 10.1. The summed E-state index contributed by atoms with van der Waals surface area (Å²) in [6.45, 7) is -0.122. The zero-order valence-corrected chi connectivity index (χ0v) is 16.8. The maximum atomic E-state index is 13.8. The first-order valence-corrected chi connectivity index (χ1v) is 10.7. The molecule has 0 spiro atoms. The van der Waals surface area contributed by atoms with Crippen LogP contribution in [0.25, 0.3) is 0 Å². The van der Waals surface area contributed by atoms with Crippen LogP contribution in [0.1, 0.15) is 17.5 Å². The van der Waals surface area contributed by atoms with Crippen molar-refractivity contribution in [3.8, 4) is 5.75 Å². The van der Waals surface area contributed by atoms with E-state index in [1.807, 2.05) is 24.3 Å². The quantitative estimate of drug-likeness (QED) is 0.613. The third kappa shape index (κ3) is 6.94. The minimum Gasteiger partial charge on any atom is -0.497 e. The summed E-state index contributed by atoms with van der Waals surface area (Å²) in [4.78, 5) is 12.1. The molecule has 0 unspecified atom stereocenters. The number of hydrogen-bond acceptors (Lipinski definition) is 4. The Morgan fingerprint density at radius 2 is 1.82 bits per heavy atom. The molecule has 0 aliphatic carbocycles. The number of nitrogens with one attached hydrogen (secondary N) is 1. The Balaban J connectivity index is 1.83. The molecule has 0 atom stereocenters. The zero-order valence-electron chi connectivity index (χ0n) is 16.0. The SMILES string of the molecule is COc1ccc(CCCNC(=O)CN(Cc2ccccc2F)S(C)(=O)=O)cc1. The minimum atomic E-state index is -3.66. The van der Waals surface area contributed by atoms with Crippen molar-refractivity contribution >= 4 is 15.9 Å². The number of nitrogens with zero attached hydrogens (tertiary/aromatic N) is 1. The molecule has 0 heterocycles. The lowest BCUT2D eigenvalue weighted by Gasteiger charge is -2.20. The van der Waals surface area contributed by atoms with Gasteiger partial charge in [0.1, 0.15) is 11.6 Å². The van der Waals surface area contributed by atoms with E-state index >= 15 is 0 Å². The summed E-state index contributed by atoms with van der Waals surface area (Å²) in [5.41, 5.74) is 1.34. The second kappa shape index (κ2) is 10.2. The fourth-order valence-corrected chi connectivity index (χ4v) is 3.36. The van der Waals surface area contributed by atoms with E-state index in [9.17, 15) is 17.6 Å². The van der Waals surface area contributed by atoms with Crippen LogP contribution in [0.4, 0.5) is 4.39 Å². The van der Waals surface area contributed by atoms with E-state index in [-0.39, 0.29) is 18.7 Å². The van der Waals surface area contributed by atoms with Crippen molar-refractivity contribution in [1.29, 1.82) is 0 Å². The van der Waals surface area contributed by atoms with Crippen LogP contribution in [-0.2, 0) is 27.8 Å². The van der Waals surface area contributed by atoms with E-state index < -0.39 is 21.7 Å². The highest BCUT2D eigenvalue weighted by Gasteiger charge is 2.21. The highest BCUT2D eigenvalue weighted by atomic mass is 32.2. The number of amides is 1. The zero-order chi connectivity index (χ0) is 20.6. The summed E-state index contributed by atoms with van der Waals surface area (Å²) in [5, 5.41) is 2.71. The number of ether oxygens (including phenoxy) is 1. The molecule has 152 valence electrons. The van der Waals surface area contributed by atoms with Gasteiger partial charge in [0.15, 0.2) is 0 Å². The Kier molecular flexibility index (Phi) is 7.95. The monoisotopic (exact) mass is 408 g/mol. The second-order valence-electron chi connectivity index (χ2n) is 6.42. The summed E-state index contributed by atoms with van der Waals surface area (Å²) in [6, 6.07) is 13.6. The van der Waals surface area contributed by atoms with Gasteiger partial charge in [0.25, 0.3) is 0 Å². The van der Waals surface area contributed by atoms with Gasteiger partial charge in [-0.05, 0) is 36.6 Å². The smallest absolute Gasteiger partial charge is 0.235 e. The minimum absolute atomic E-state index is 0.190. The summed E-state index contributed by atoms with van der Waals surface area (Å²) in [7, 11) is -2.05. The van der Waals surface area contributed by atoms with Gasteiger partial charge in [0, 0.05) is 18.7 Å². The molecule has 0 aliphatic rings. The van der Waals surface area contributed by atoms with Crippen LogP contribution < -0.4 is 10.1 Å². The number of aryl methyl sites for hydroxylation is 1. The van der Waals surface area contributed by atoms with Gasteiger partial charge in [-0.1, -0.05) is 30.3 Å². The van der Waals surface area contributed by atoms with Crippen LogP contribution in [-0.4, -0.2) is 45.1 Å². The molecule has 1 amide bonds. The first-order valence-electron chi connectivity index (χ1n) is 8.88. The lowest BCUT2D eigenvalue weighted by molar-refractivity contribution is -0.121. The first-order chi connectivity index (χ1) is 13.3. The van der Waals surface area contributed by atoms with Gasteiger partial charge in [-0.3, -0.25) is 4.79 Å². The van der Waals surface area contributed by atoms with E-state index in [0.717, 1.165) is 28.3 Å². The number of benzene rings is 2. The molecule has 0 aliphatic heterocycles. The Labute approximate surface area is 165 Å². The molecule has 0 radical (unpaired) electrons. The molecule has 0 saturated heterocycles. The maximum Gasteiger partial charge on any atom is 0.235 e. The predicted molar refractivity (Wildman–Crippen MR) is 106 cm³/mol. The van der Waals surface area contributed by atoms with Gasteiger partial charge in [0.2, 0.25) is 15.9 Å². The number of rotatable bonds is 10. The van der Waals surface area contributed by atoms with Gasteiger partial charge in [-0.15, -0.1) is 0 Å². The molecule has 2 rings (SSSR count). The van der Waals surface area contributed by atoms with Crippen LogP contribution in [0, 0.1) is 5.82 Å². The lowest BCUT2D eigenvalue weighted by Crippen LogP contribution is -2.40. The van der Waals surface area contributed by atoms with Gasteiger partial charge in [0.05, 0.1) is 19.9 Å². The molecule has 1 N–H and O–H groups in total. The van der Waals surface area contributed by atoms with Crippen molar-refractivity contribution in [2.45, 2.75) is 19.4 Å². The van der Waals surface area contributed by atoms with E-state index in [1.54, 1.807) is 13.2 Å². The van der Waals surface area contributed by atoms with Gasteiger partial charge < -0.3 is 10.1 Å². The number of carbonyl (C=O) groups excluding carboxylic acids is 1. The normalized spacial score (nSPS) is 11.4. The van der Waals surface area contributed by atoms with Crippen molar-refractivity contribution in [3.05, 3.63) is 65.5 Å². The van der Waals surface area contributed by atoms with Crippen LogP contribution in [0.3, 0.4) is 0 Å². The van der Waals surface area contributed by atoms with E-state index in [0.29, 0.717) is 13.0 Å². The standard InChI is InChI=1S/C20H25FN2O4S/c1-27-18-11-9-16(10-12-18)6-5-13-22-20(24)15-23(28(2,25)26)14-17-7-3-4-8-19(17)21/h3-4,7-12H,5-6,13-15H2,1-2H3,(H,22,24). The fraction of sp³-hybridized carbons (Fsp3) is 0.350. The summed E-state index contributed by atoms with van der Waals surface area (Å²) < 4.78 is 43.8. The van der Waals surface area contributed by atoms with E-state index in [4.69, 9.17) is 4.74 Å². The predicted octanol–water partition coefficient (Wildman–Crippen LogP) is 2.34. The number of halogens is 1. The Morgan fingerprint density at radius 1 is 1.14 bits per heavy atom. The maximum absolute atomic E-state index is 13.8. The molecule has 28 heavy (non-hydrogen) atoms. The van der Waals surface area contributed by atoms with Gasteiger partial charge in [-0.25, -0.2) is 12.8 Å². The van der Waals surface area contributed by atoms with Crippen LogP contribution in [0.2, 0.25) is 0 Å². The van der Waals surface area contributed by atoms with Crippen LogP contribution >= 0.6 is 0 Å². The average Bonchev–Trinajstić information content (AvgIpc) is 2.66. The molecule has 0 fully saturated rings. The Morgan fingerprint density at radius 3 is 2.43 bits per heavy atom. The topological polar surface area (TPSA) is 75.7 Å². The fourth-order valence-electron chi connectivity index (χ4n) is 2.64. The number of carbonyl (C=O) groups is 1. The van der Waals surface area contributed by atoms with Crippen molar-refractivity contribution in [1.82, 2.24) is 9.62 Å². The molecule has 2 aromatic carbocycles. The highest BCUT2D eigenvalue weighted by Crippen LogP contribution is 2.13.